The van der Waals surface area contributed by atoms with E-state index in [1.165, 1.54) is 6.20 Å². The molecule has 0 spiro atoms. The minimum atomic E-state index is 1.04. The number of allylic oxidation sites excluding steroid dienone is 3. The molecule has 0 saturated heterocycles. The van der Waals surface area contributed by atoms with Crippen LogP contribution in [0.25, 0.3) is 0 Å². The van der Waals surface area contributed by atoms with Gasteiger partial charge in [-0.05, 0) is 53.9 Å². The summed E-state index contributed by atoms with van der Waals surface area (Å²) in [5.74, 6) is 0. The number of aromatic nitrogens is 1. The minimum Gasteiger partial charge on any atom is -0.405 e. The van der Waals surface area contributed by atoms with Crippen LogP contribution in [-0.2, 0) is 0 Å². The van der Waals surface area contributed by atoms with E-state index in [1.807, 2.05) is 37.3 Å². The maximum Gasteiger partial charge on any atom is 0.101 e. The van der Waals surface area contributed by atoms with Crippen LogP contribution in [0.4, 0.5) is 0 Å². The average molecular weight is 288 g/mol. The number of hydrogen-bond donors (Lipinski definition) is 1. The Morgan fingerprint density at radius 1 is 1.38 bits per heavy atom. The van der Waals surface area contributed by atoms with Gasteiger partial charge in [0.15, 0.2) is 0 Å². The smallest absolute Gasteiger partial charge is 0.101 e. The van der Waals surface area contributed by atoms with Crippen LogP contribution in [0.15, 0.2) is 48.8 Å². The molecule has 70 valence electrons. The van der Waals surface area contributed by atoms with Crippen LogP contribution >= 0.6 is 22.6 Å². The largest absolute Gasteiger partial charge is 0.405 e. The van der Waals surface area contributed by atoms with Gasteiger partial charge >= 0.3 is 0 Å². The Labute approximate surface area is 92.7 Å². The predicted molar refractivity (Wildman–Crippen MR) is 65.1 cm³/mol. The van der Waals surface area contributed by atoms with Crippen molar-refractivity contribution in [3.05, 3.63) is 52.5 Å². The fourth-order valence-corrected chi connectivity index (χ4v) is 0.886. The fourth-order valence-electron chi connectivity index (χ4n) is 0.517. The van der Waals surface area contributed by atoms with Crippen LogP contribution < -0.4 is 5.73 Å². The number of rotatable bonds is 1. The second kappa shape index (κ2) is 9.25. The van der Waals surface area contributed by atoms with Crippen molar-refractivity contribution >= 4 is 22.6 Å². The highest BCUT2D eigenvalue weighted by Crippen LogP contribution is 1.94. The molecule has 1 aromatic heterocycles. The van der Waals surface area contributed by atoms with Gasteiger partial charge in [-0.1, -0.05) is 18.2 Å². The lowest BCUT2D eigenvalue weighted by atomic mass is 10.5. The monoisotopic (exact) mass is 288 g/mol. The van der Waals surface area contributed by atoms with Crippen LogP contribution in [0.2, 0.25) is 0 Å². The van der Waals surface area contributed by atoms with E-state index in [-0.39, 0.29) is 0 Å². The molecule has 0 aliphatic rings. The van der Waals surface area contributed by atoms with Crippen LogP contribution in [-0.4, -0.2) is 4.98 Å². The van der Waals surface area contributed by atoms with Crippen molar-refractivity contribution in [2.24, 2.45) is 5.73 Å². The zero-order valence-electron chi connectivity index (χ0n) is 7.52. The number of halogens is 1. The molecular formula is C10H13IN2. The molecule has 0 bridgehead atoms. The Morgan fingerprint density at radius 3 is 2.38 bits per heavy atom. The quantitative estimate of drug-likeness (QED) is 0.490. The van der Waals surface area contributed by atoms with Gasteiger partial charge in [0, 0.05) is 6.20 Å². The van der Waals surface area contributed by atoms with E-state index >= 15 is 0 Å². The van der Waals surface area contributed by atoms with Crippen molar-refractivity contribution in [3.8, 4) is 0 Å². The van der Waals surface area contributed by atoms with Crippen LogP contribution in [0, 0.1) is 3.70 Å². The van der Waals surface area contributed by atoms with Crippen LogP contribution in [0.3, 0.4) is 0 Å². The Morgan fingerprint density at radius 2 is 2.15 bits per heavy atom. The normalized spacial score (nSPS) is 10.0. The lowest BCUT2D eigenvalue weighted by Gasteiger charge is -1.80. The zero-order chi connectivity index (χ0) is 9.94. The second-order valence-corrected chi connectivity index (χ2v) is 3.17. The summed E-state index contributed by atoms with van der Waals surface area (Å²) in [5, 5.41) is 0. The van der Waals surface area contributed by atoms with Gasteiger partial charge < -0.3 is 5.73 Å². The topological polar surface area (TPSA) is 38.9 Å². The third kappa shape index (κ3) is 9.07. The highest BCUT2D eigenvalue weighted by Gasteiger charge is 1.75. The average Bonchev–Trinajstić information content (AvgIpc) is 2.17. The van der Waals surface area contributed by atoms with Gasteiger partial charge in [-0.25, -0.2) is 0 Å². The van der Waals surface area contributed by atoms with E-state index in [0.717, 1.165) is 3.70 Å². The van der Waals surface area contributed by atoms with Gasteiger partial charge in [0.1, 0.15) is 3.70 Å². The van der Waals surface area contributed by atoms with Crippen molar-refractivity contribution < 1.29 is 0 Å². The summed E-state index contributed by atoms with van der Waals surface area (Å²) in [4.78, 5) is 3.97. The molecule has 0 fully saturated rings. The molecule has 2 N–H and O–H groups in total. The van der Waals surface area contributed by atoms with Crippen molar-refractivity contribution in [2.75, 3.05) is 0 Å². The van der Waals surface area contributed by atoms with E-state index < -0.39 is 0 Å². The SMILES string of the molecule is C/C=C\C=C/N.Ic1ccccn1. The first-order valence-electron chi connectivity index (χ1n) is 3.87. The Bertz CT molecular complexity index is 245. The van der Waals surface area contributed by atoms with Crippen molar-refractivity contribution in [3.63, 3.8) is 0 Å². The van der Waals surface area contributed by atoms with Gasteiger partial charge in [0.05, 0.1) is 0 Å². The summed E-state index contributed by atoms with van der Waals surface area (Å²) in [7, 11) is 0. The number of nitrogens with two attached hydrogens (primary N) is 1. The maximum atomic E-state index is 4.98. The summed E-state index contributed by atoms with van der Waals surface area (Å²) in [6, 6.07) is 5.83. The third-order valence-corrected chi connectivity index (χ3v) is 1.68. The molecule has 0 radical (unpaired) electrons. The lowest BCUT2D eigenvalue weighted by Crippen LogP contribution is -1.71. The summed E-state index contributed by atoms with van der Waals surface area (Å²) < 4.78 is 1.04. The molecule has 13 heavy (non-hydrogen) atoms. The molecule has 0 aliphatic heterocycles. The molecule has 3 heteroatoms. The Kier molecular flexibility index (Phi) is 8.65. The Balaban J connectivity index is 0.000000226. The van der Waals surface area contributed by atoms with Crippen molar-refractivity contribution in [1.82, 2.24) is 4.98 Å². The predicted octanol–water partition coefficient (Wildman–Crippen LogP) is 2.72. The summed E-state index contributed by atoms with van der Waals surface area (Å²) in [6.07, 6.45) is 8.85. The molecular weight excluding hydrogens is 275 g/mol. The molecule has 0 saturated carbocycles. The molecule has 0 amide bonds. The molecule has 0 aromatic carbocycles. The zero-order valence-corrected chi connectivity index (χ0v) is 9.68. The van der Waals surface area contributed by atoms with Crippen LogP contribution in [0.1, 0.15) is 6.92 Å². The third-order valence-electron chi connectivity index (χ3n) is 1.04. The van der Waals surface area contributed by atoms with Gasteiger partial charge in [-0.3, -0.25) is 4.98 Å². The summed E-state index contributed by atoms with van der Waals surface area (Å²) in [5.41, 5.74) is 4.98. The fraction of sp³-hybridized carbons (Fsp3) is 0.100. The van der Waals surface area contributed by atoms with E-state index in [4.69, 9.17) is 5.73 Å². The first-order chi connectivity index (χ1) is 6.31. The molecule has 1 heterocycles. The molecule has 0 unspecified atom stereocenters. The first kappa shape index (κ1) is 12.2. The van der Waals surface area contributed by atoms with Gasteiger partial charge in [0.25, 0.3) is 0 Å². The van der Waals surface area contributed by atoms with Crippen molar-refractivity contribution in [2.45, 2.75) is 6.92 Å². The maximum absolute atomic E-state index is 4.98. The number of hydrogen-bond acceptors (Lipinski definition) is 2. The summed E-state index contributed by atoms with van der Waals surface area (Å²) in [6.45, 7) is 1.94. The van der Waals surface area contributed by atoms with E-state index in [2.05, 4.69) is 27.6 Å². The lowest BCUT2D eigenvalue weighted by molar-refractivity contribution is 1.27. The standard InChI is InChI=1S/C5H4IN.C5H9N/c6-5-3-1-2-4-7-5;1-2-3-4-5-6/h1-4H;2-5H,6H2,1H3/b;3-2-,5-4-. The summed E-state index contributed by atoms with van der Waals surface area (Å²) >= 11 is 2.17. The molecule has 0 atom stereocenters. The van der Waals surface area contributed by atoms with E-state index in [1.54, 1.807) is 12.3 Å². The highest BCUT2D eigenvalue weighted by molar-refractivity contribution is 14.1. The minimum absolute atomic E-state index is 1.04. The molecule has 1 rings (SSSR count). The van der Waals surface area contributed by atoms with Gasteiger partial charge in [-0.2, -0.15) is 0 Å². The first-order valence-corrected chi connectivity index (χ1v) is 4.95. The highest BCUT2D eigenvalue weighted by atomic mass is 127. The molecule has 1 aromatic rings. The molecule has 0 aliphatic carbocycles. The van der Waals surface area contributed by atoms with E-state index in [9.17, 15) is 0 Å². The molecule has 2 nitrogen and oxygen atoms in total. The Hall–Kier alpha value is -0.840. The number of nitrogens with zero attached hydrogens (tertiary/aromatic N) is 1. The number of pyridine rings is 1. The van der Waals surface area contributed by atoms with Gasteiger partial charge in [-0.15, -0.1) is 0 Å². The second-order valence-electron chi connectivity index (χ2n) is 2.06. The van der Waals surface area contributed by atoms with Crippen molar-refractivity contribution in [1.29, 1.82) is 0 Å². The van der Waals surface area contributed by atoms with Gasteiger partial charge in [0.2, 0.25) is 0 Å². The van der Waals surface area contributed by atoms with Crippen LogP contribution in [0.5, 0.6) is 0 Å². The van der Waals surface area contributed by atoms with E-state index in [0.29, 0.717) is 0 Å².